The van der Waals surface area contributed by atoms with Gasteiger partial charge in [-0.2, -0.15) is 0 Å². The second kappa shape index (κ2) is 7.36. The molecule has 2 rings (SSSR count). The average molecular weight is 280 g/mol. The number of carbonyl (C=O) groups excluding carboxylic acids is 1. The first kappa shape index (κ1) is 14.9. The van der Waals surface area contributed by atoms with Gasteiger partial charge in [0, 0.05) is 19.7 Å². The molecular weight excluding hydrogens is 259 g/mol. The fourth-order valence-electron chi connectivity index (χ4n) is 2.55. The summed E-state index contributed by atoms with van der Waals surface area (Å²) in [6.07, 6.45) is 2.43. The Labute approximate surface area is 118 Å². The van der Waals surface area contributed by atoms with Gasteiger partial charge in [0.05, 0.1) is 6.04 Å². The first-order valence-corrected chi connectivity index (χ1v) is 7.08. The molecule has 110 valence electrons. The van der Waals surface area contributed by atoms with Gasteiger partial charge in [0.1, 0.15) is 5.82 Å². The summed E-state index contributed by atoms with van der Waals surface area (Å²) in [4.78, 5) is 14.2. The summed E-state index contributed by atoms with van der Waals surface area (Å²) >= 11 is 0. The number of aliphatic hydroxyl groups excluding tert-OH is 1. The lowest BCUT2D eigenvalue weighted by Gasteiger charge is -2.23. The summed E-state index contributed by atoms with van der Waals surface area (Å²) in [7, 11) is 0. The molecule has 1 aromatic rings. The van der Waals surface area contributed by atoms with Crippen LogP contribution in [-0.4, -0.2) is 41.7 Å². The molecule has 1 saturated heterocycles. The number of hydrogen-bond acceptors (Lipinski definition) is 3. The smallest absolute Gasteiger partial charge is 0.237 e. The number of nitrogens with one attached hydrogen (secondary N) is 1. The first-order chi connectivity index (χ1) is 9.70. The topological polar surface area (TPSA) is 52.6 Å². The van der Waals surface area contributed by atoms with Gasteiger partial charge in [0.2, 0.25) is 5.91 Å². The number of halogens is 1. The van der Waals surface area contributed by atoms with E-state index >= 15 is 0 Å². The fourth-order valence-corrected chi connectivity index (χ4v) is 2.55. The molecule has 0 bridgehead atoms. The Morgan fingerprint density at radius 2 is 2.15 bits per heavy atom. The third-order valence-corrected chi connectivity index (χ3v) is 3.60. The summed E-state index contributed by atoms with van der Waals surface area (Å²) in [5.74, 6) is -0.216. The normalized spacial score (nSPS) is 19.2. The van der Waals surface area contributed by atoms with Gasteiger partial charge in [0.15, 0.2) is 0 Å². The maximum atomic E-state index is 12.9. The van der Waals surface area contributed by atoms with Crippen LogP contribution in [0.1, 0.15) is 24.8 Å². The van der Waals surface area contributed by atoms with E-state index in [2.05, 4.69) is 10.2 Å². The van der Waals surface area contributed by atoms with Crippen LogP contribution in [-0.2, 0) is 11.3 Å². The zero-order chi connectivity index (χ0) is 14.4. The van der Waals surface area contributed by atoms with Crippen molar-refractivity contribution in [2.24, 2.45) is 0 Å². The zero-order valence-corrected chi connectivity index (χ0v) is 11.5. The van der Waals surface area contributed by atoms with Crippen molar-refractivity contribution in [1.82, 2.24) is 10.2 Å². The van der Waals surface area contributed by atoms with E-state index in [-0.39, 0.29) is 24.4 Å². The summed E-state index contributed by atoms with van der Waals surface area (Å²) in [6, 6.07) is 6.30. The second-order valence-corrected chi connectivity index (χ2v) is 5.12. The van der Waals surface area contributed by atoms with E-state index in [1.54, 1.807) is 12.1 Å². The average Bonchev–Trinajstić information content (AvgIpc) is 2.90. The molecule has 4 nitrogen and oxygen atoms in total. The van der Waals surface area contributed by atoms with E-state index in [1.165, 1.54) is 12.1 Å². The Hall–Kier alpha value is -1.46. The number of amides is 1. The van der Waals surface area contributed by atoms with Gasteiger partial charge < -0.3 is 10.4 Å². The van der Waals surface area contributed by atoms with Crippen molar-refractivity contribution in [3.8, 4) is 0 Å². The highest BCUT2D eigenvalue weighted by Crippen LogP contribution is 2.20. The highest BCUT2D eigenvalue weighted by Gasteiger charge is 2.30. The van der Waals surface area contributed by atoms with Crippen LogP contribution >= 0.6 is 0 Å². The lowest BCUT2D eigenvalue weighted by molar-refractivity contribution is -0.125. The van der Waals surface area contributed by atoms with Gasteiger partial charge in [-0.1, -0.05) is 12.1 Å². The number of rotatable bonds is 6. The quantitative estimate of drug-likeness (QED) is 0.772. The number of benzene rings is 1. The van der Waals surface area contributed by atoms with Crippen LogP contribution in [0.5, 0.6) is 0 Å². The molecule has 0 aromatic heterocycles. The molecule has 20 heavy (non-hydrogen) atoms. The van der Waals surface area contributed by atoms with Gasteiger partial charge in [-0.25, -0.2) is 4.39 Å². The van der Waals surface area contributed by atoms with Gasteiger partial charge in [-0.15, -0.1) is 0 Å². The predicted molar refractivity (Wildman–Crippen MR) is 74.5 cm³/mol. The standard InChI is InChI=1S/C15H21FN2O2/c16-13-6-4-12(5-7-13)11-18-9-1-3-14(18)15(20)17-8-2-10-19/h4-7,14,19H,1-3,8-11H2,(H,17,20). The molecule has 5 heteroatoms. The van der Waals surface area contributed by atoms with E-state index < -0.39 is 0 Å². The Morgan fingerprint density at radius 3 is 2.85 bits per heavy atom. The van der Waals surface area contributed by atoms with Gasteiger partial charge in [0.25, 0.3) is 0 Å². The maximum Gasteiger partial charge on any atom is 0.237 e. The van der Waals surface area contributed by atoms with Gasteiger partial charge >= 0.3 is 0 Å². The SMILES string of the molecule is O=C(NCCCO)C1CCCN1Cc1ccc(F)cc1. The molecule has 1 fully saturated rings. The van der Waals surface area contributed by atoms with Crippen LogP contribution < -0.4 is 5.32 Å². The molecule has 0 spiro atoms. The molecule has 0 saturated carbocycles. The molecule has 2 N–H and O–H groups in total. The number of aliphatic hydroxyl groups is 1. The molecule has 1 heterocycles. The lowest BCUT2D eigenvalue weighted by Crippen LogP contribution is -2.43. The second-order valence-electron chi connectivity index (χ2n) is 5.12. The maximum absolute atomic E-state index is 12.9. The predicted octanol–water partition coefficient (Wildman–Crippen LogP) is 1.29. The Morgan fingerprint density at radius 1 is 1.40 bits per heavy atom. The monoisotopic (exact) mass is 280 g/mol. The van der Waals surface area contributed by atoms with Crippen LogP contribution in [0.3, 0.4) is 0 Å². The molecule has 1 aliphatic rings. The fraction of sp³-hybridized carbons (Fsp3) is 0.533. The minimum absolute atomic E-state index is 0.0260. The van der Waals surface area contributed by atoms with Crippen molar-refractivity contribution in [3.63, 3.8) is 0 Å². The molecule has 1 atom stereocenters. The molecular formula is C15H21FN2O2. The van der Waals surface area contributed by atoms with Crippen LogP contribution in [0, 0.1) is 5.82 Å². The third-order valence-electron chi connectivity index (χ3n) is 3.60. The molecule has 1 aliphatic heterocycles. The van der Waals surface area contributed by atoms with Gasteiger partial charge in [-0.05, 0) is 43.5 Å². The van der Waals surface area contributed by atoms with Gasteiger partial charge in [-0.3, -0.25) is 9.69 Å². The summed E-state index contributed by atoms with van der Waals surface area (Å²) in [6.45, 7) is 2.15. The van der Waals surface area contributed by atoms with E-state index in [0.717, 1.165) is 24.9 Å². The summed E-state index contributed by atoms with van der Waals surface area (Å²) in [5, 5.41) is 11.6. The number of hydrogen-bond donors (Lipinski definition) is 2. The molecule has 1 unspecified atom stereocenters. The molecule has 1 amide bonds. The lowest BCUT2D eigenvalue weighted by atomic mass is 10.1. The van der Waals surface area contributed by atoms with E-state index in [9.17, 15) is 9.18 Å². The van der Waals surface area contributed by atoms with Crippen molar-refractivity contribution < 1.29 is 14.3 Å². The molecule has 0 radical (unpaired) electrons. The first-order valence-electron chi connectivity index (χ1n) is 7.08. The summed E-state index contributed by atoms with van der Waals surface area (Å²) < 4.78 is 12.9. The van der Waals surface area contributed by atoms with Crippen molar-refractivity contribution in [2.75, 3.05) is 19.7 Å². The van der Waals surface area contributed by atoms with E-state index in [0.29, 0.717) is 19.5 Å². The minimum Gasteiger partial charge on any atom is -0.396 e. The highest BCUT2D eigenvalue weighted by atomic mass is 19.1. The largest absolute Gasteiger partial charge is 0.396 e. The Balaban J connectivity index is 1.89. The minimum atomic E-state index is -0.242. The van der Waals surface area contributed by atoms with Crippen LogP contribution in [0.2, 0.25) is 0 Å². The molecule has 0 aliphatic carbocycles. The van der Waals surface area contributed by atoms with Crippen molar-refractivity contribution >= 4 is 5.91 Å². The van der Waals surface area contributed by atoms with E-state index in [1.807, 2.05) is 0 Å². The Kier molecular flexibility index (Phi) is 5.49. The Bertz CT molecular complexity index is 436. The number of likely N-dealkylation sites (tertiary alicyclic amines) is 1. The zero-order valence-electron chi connectivity index (χ0n) is 11.5. The van der Waals surface area contributed by atoms with Crippen LogP contribution in [0.25, 0.3) is 0 Å². The number of nitrogens with zero attached hydrogens (tertiary/aromatic N) is 1. The van der Waals surface area contributed by atoms with Crippen LogP contribution in [0.4, 0.5) is 4.39 Å². The van der Waals surface area contributed by atoms with Crippen molar-refractivity contribution in [3.05, 3.63) is 35.6 Å². The van der Waals surface area contributed by atoms with Crippen molar-refractivity contribution in [1.29, 1.82) is 0 Å². The summed E-state index contributed by atoms with van der Waals surface area (Å²) in [5.41, 5.74) is 1.02. The van der Waals surface area contributed by atoms with Crippen molar-refractivity contribution in [2.45, 2.75) is 31.8 Å². The van der Waals surface area contributed by atoms with E-state index in [4.69, 9.17) is 5.11 Å². The number of carbonyl (C=O) groups is 1. The molecule has 1 aromatic carbocycles. The van der Waals surface area contributed by atoms with Crippen LogP contribution in [0.15, 0.2) is 24.3 Å². The third kappa shape index (κ3) is 4.02. The highest BCUT2D eigenvalue weighted by molar-refractivity contribution is 5.82.